The number of rotatable bonds is 3. The molecule has 0 saturated carbocycles. The van der Waals surface area contributed by atoms with Crippen LogP contribution in [0.2, 0.25) is 0 Å². The molecule has 62 valence electrons. The molecule has 1 atom stereocenters. The Labute approximate surface area is 69.9 Å². The SMILES string of the molecule is CCC([AsH2])(CC)P(=O)(O)O. The van der Waals surface area contributed by atoms with Crippen LogP contribution in [0.15, 0.2) is 0 Å². The Bertz CT molecular complexity index is 149. The zero-order valence-electron chi connectivity index (χ0n) is 6.24. The summed E-state index contributed by atoms with van der Waals surface area (Å²) in [4.78, 5) is 17.7. The summed E-state index contributed by atoms with van der Waals surface area (Å²) >= 11 is 1.14. The third kappa shape index (κ3) is 2.10. The molecule has 0 amide bonds. The van der Waals surface area contributed by atoms with Crippen molar-refractivity contribution in [2.75, 3.05) is 0 Å². The quantitative estimate of drug-likeness (QED) is 0.540. The van der Waals surface area contributed by atoms with Crippen molar-refractivity contribution in [3.05, 3.63) is 0 Å². The molecule has 0 aliphatic heterocycles. The van der Waals surface area contributed by atoms with Crippen molar-refractivity contribution in [2.24, 2.45) is 0 Å². The van der Waals surface area contributed by atoms with Crippen molar-refractivity contribution < 1.29 is 14.4 Å². The molecule has 0 heterocycles. The molecule has 0 bridgehead atoms. The van der Waals surface area contributed by atoms with E-state index in [4.69, 9.17) is 9.79 Å². The molecule has 0 aromatic carbocycles. The summed E-state index contributed by atoms with van der Waals surface area (Å²) in [5.74, 6) is 0. The van der Waals surface area contributed by atoms with Crippen LogP contribution in [0.3, 0.4) is 0 Å². The molecule has 3 nitrogen and oxygen atoms in total. The minimum absolute atomic E-state index is 0.549. The maximum absolute atomic E-state index is 10.8. The Balaban J connectivity index is 4.50. The molecule has 0 aromatic heterocycles. The summed E-state index contributed by atoms with van der Waals surface area (Å²) < 4.78 is 10.1. The third-order valence-corrected chi connectivity index (χ3v) is 7.43. The fraction of sp³-hybridized carbons (Fsp3) is 1.00. The Hall–Kier alpha value is 0.708. The van der Waals surface area contributed by atoms with Gasteiger partial charge < -0.3 is 0 Å². The van der Waals surface area contributed by atoms with E-state index in [0.29, 0.717) is 12.8 Å². The van der Waals surface area contributed by atoms with Gasteiger partial charge >= 0.3 is 69.4 Å². The molecule has 0 aromatic rings. The Morgan fingerprint density at radius 2 is 1.70 bits per heavy atom. The van der Waals surface area contributed by atoms with Gasteiger partial charge in [0.15, 0.2) is 0 Å². The molecule has 0 fully saturated rings. The zero-order valence-corrected chi connectivity index (χ0v) is 9.56. The van der Waals surface area contributed by atoms with Gasteiger partial charge in [-0.3, -0.25) is 0 Å². The van der Waals surface area contributed by atoms with E-state index in [2.05, 4.69) is 0 Å². The molecule has 1 unspecified atom stereocenters. The molecule has 0 saturated heterocycles. The summed E-state index contributed by atoms with van der Waals surface area (Å²) in [5.41, 5.74) is 0. The summed E-state index contributed by atoms with van der Waals surface area (Å²) in [6, 6.07) is 0. The van der Waals surface area contributed by atoms with Crippen molar-refractivity contribution in [3.63, 3.8) is 0 Å². The topological polar surface area (TPSA) is 57.5 Å². The number of hydrogen-bond donors (Lipinski definition) is 2. The normalized spacial score (nSPS) is 13.7. The molecular formula is C5H14AsO3P. The second-order valence-corrected chi connectivity index (χ2v) is 7.67. The van der Waals surface area contributed by atoms with E-state index in [1.165, 1.54) is 0 Å². The van der Waals surface area contributed by atoms with Gasteiger partial charge in [-0.15, -0.1) is 0 Å². The van der Waals surface area contributed by atoms with Gasteiger partial charge in [0.1, 0.15) is 0 Å². The van der Waals surface area contributed by atoms with Crippen LogP contribution >= 0.6 is 7.60 Å². The molecule has 0 radical (unpaired) electrons. The monoisotopic (exact) mass is 228 g/mol. The molecule has 0 rings (SSSR count). The van der Waals surface area contributed by atoms with Gasteiger partial charge in [0, 0.05) is 0 Å². The van der Waals surface area contributed by atoms with Crippen molar-refractivity contribution in [1.82, 2.24) is 0 Å². The van der Waals surface area contributed by atoms with Crippen LogP contribution in [0, 0.1) is 0 Å². The molecule has 0 aliphatic carbocycles. The van der Waals surface area contributed by atoms with E-state index in [-0.39, 0.29) is 0 Å². The van der Waals surface area contributed by atoms with Crippen LogP contribution in [-0.4, -0.2) is 30.6 Å². The first-order valence-corrected chi connectivity index (χ1v) is 6.04. The fourth-order valence-corrected chi connectivity index (χ4v) is 1.49. The van der Waals surface area contributed by atoms with Gasteiger partial charge in [0.25, 0.3) is 0 Å². The van der Waals surface area contributed by atoms with E-state index in [9.17, 15) is 4.57 Å². The number of hydrogen-bond acceptors (Lipinski definition) is 1. The van der Waals surface area contributed by atoms with Gasteiger partial charge in [0.2, 0.25) is 0 Å². The van der Waals surface area contributed by atoms with Gasteiger partial charge in [-0.2, -0.15) is 0 Å². The van der Waals surface area contributed by atoms with Crippen LogP contribution in [0.4, 0.5) is 0 Å². The standard InChI is InChI=1S/C5H14AsO3P/c1-3-5(6,4-2)10(7,8)9/h3-4,6H2,1-2H3,(H2,7,8,9). The maximum atomic E-state index is 10.8. The molecule has 0 spiro atoms. The predicted octanol–water partition coefficient (Wildman–Crippen LogP) is 0.313. The molecule has 10 heavy (non-hydrogen) atoms. The Kier molecular flexibility index (Phi) is 3.64. The van der Waals surface area contributed by atoms with E-state index < -0.39 is 11.5 Å². The van der Waals surface area contributed by atoms with Crippen LogP contribution < -0.4 is 0 Å². The molecular weight excluding hydrogens is 214 g/mol. The molecule has 2 N–H and O–H groups in total. The molecule has 5 heteroatoms. The minimum atomic E-state index is -3.86. The predicted molar refractivity (Wildman–Crippen MR) is 43.9 cm³/mol. The van der Waals surface area contributed by atoms with E-state index in [1.54, 1.807) is 0 Å². The molecule has 0 aliphatic rings. The van der Waals surface area contributed by atoms with E-state index >= 15 is 0 Å². The first-order chi connectivity index (χ1) is 4.37. The summed E-state index contributed by atoms with van der Waals surface area (Å²) in [7, 11) is -3.86. The summed E-state index contributed by atoms with van der Waals surface area (Å²) in [5, 5.41) is 0. The fourth-order valence-electron chi connectivity index (χ4n) is 0.662. The van der Waals surface area contributed by atoms with Crippen LogP contribution in [0.1, 0.15) is 26.7 Å². The van der Waals surface area contributed by atoms with Crippen LogP contribution in [-0.2, 0) is 4.57 Å². The van der Waals surface area contributed by atoms with Gasteiger partial charge in [-0.05, 0) is 0 Å². The van der Waals surface area contributed by atoms with Crippen molar-refractivity contribution >= 4 is 24.4 Å². The Morgan fingerprint density at radius 1 is 1.40 bits per heavy atom. The average molecular weight is 228 g/mol. The first kappa shape index (κ1) is 10.7. The van der Waals surface area contributed by atoms with Crippen molar-refractivity contribution in [3.8, 4) is 0 Å². The zero-order chi connectivity index (χ0) is 8.41. The van der Waals surface area contributed by atoms with Gasteiger partial charge in [-0.1, -0.05) is 0 Å². The third-order valence-electron chi connectivity index (χ3n) is 1.80. The second-order valence-electron chi connectivity index (χ2n) is 2.35. The van der Waals surface area contributed by atoms with Crippen molar-refractivity contribution in [1.29, 1.82) is 0 Å². The van der Waals surface area contributed by atoms with E-state index in [0.717, 1.165) is 16.9 Å². The van der Waals surface area contributed by atoms with Crippen LogP contribution in [0.25, 0.3) is 0 Å². The Morgan fingerprint density at radius 3 is 1.70 bits per heavy atom. The van der Waals surface area contributed by atoms with Crippen molar-refractivity contribution in [2.45, 2.75) is 30.6 Å². The van der Waals surface area contributed by atoms with Gasteiger partial charge in [0.05, 0.1) is 0 Å². The van der Waals surface area contributed by atoms with Crippen LogP contribution in [0.5, 0.6) is 0 Å². The summed E-state index contributed by atoms with van der Waals surface area (Å²) in [6.45, 7) is 3.62. The van der Waals surface area contributed by atoms with E-state index in [1.807, 2.05) is 13.8 Å². The first-order valence-electron chi connectivity index (χ1n) is 3.22. The average Bonchev–Trinajstić information content (AvgIpc) is 1.84. The van der Waals surface area contributed by atoms with Gasteiger partial charge in [-0.25, -0.2) is 0 Å². The summed E-state index contributed by atoms with van der Waals surface area (Å²) in [6.07, 6.45) is 1.10. The second kappa shape index (κ2) is 3.40.